The summed E-state index contributed by atoms with van der Waals surface area (Å²) < 4.78 is 0. The third-order valence-corrected chi connectivity index (χ3v) is 4.18. The van der Waals surface area contributed by atoms with Gasteiger partial charge in [0.05, 0.1) is 0 Å². The van der Waals surface area contributed by atoms with Crippen LogP contribution in [0.15, 0.2) is 36.4 Å². The topological polar surface area (TPSA) is 44.3 Å². The minimum atomic E-state index is 0.370. The first kappa shape index (κ1) is 16.7. The average molecular weight is 325 g/mol. The summed E-state index contributed by atoms with van der Waals surface area (Å²) in [5.74, 6) is 1.76. The van der Waals surface area contributed by atoms with Gasteiger partial charge < -0.3 is 10.2 Å². The fraction of sp³-hybridized carbons (Fsp3) is 0.474. The van der Waals surface area contributed by atoms with Gasteiger partial charge in [-0.1, -0.05) is 30.3 Å². The van der Waals surface area contributed by atoms with E-state index in [2.05, 4.69) is 64.3 Å². The predicted molar refractivity (Wildman–Crippen MR) is 99.5 cm³/mol. The van der Waals surface area contributed by atoms with E-state index in [1.54, 1.807) is 0 Å². The Labute approximate surface area is 144 Å². The number of anilines is 2. The maximum Gasteiger partial charge on any atom is 0.227 e. The van der Waals surface area contributed by atoms with Crippen molar-refractivity contribution >= 4 is 11.8 Å². The molecule has 1 aliphatic heterocycles. The highest BCUT2D eigenvalue weighted by Crippen LogP contribution is 2.17. The van der Waals surface area contributed by atoms with Crippen molar-refractivity contribution in [3.63, 3.8) is 0 Å². The van der Waals surface area contributed by atoms with Crippen LogP contribution >= 0.6 is 0 Å². The lowest BCUT2D eigenvalue weighted by Crippen LogP contribution is -2.46. The highest BCUT2D eigenvalue weighted by atomic mass is 15.3. The van der Waals surface area contributed by atoms with E-state index in [0.29, 0.717) is 6.04 Å². The molecule has 5 nitrogen and oxygen atoms in total. The molecule has 0 saturated carbocycles. The molecular weight excluding hydrogens is 298 g/mol. The summed E-state index contributed by atoms with van der Waals surface area (Å²) in [4.78, 5) is 14.1. The predicted octanol–water partition coefficient (Wildman–Crippen LogP) is 2.93. The number of aryl methyl sites for hydroxylation is 1. The summed E-state index contributed by atoms with van der Waals surface area (Å²) in [7, 11) is 0. The SMILES string of the molecule is Cc1cc(NC(C)C)nc(N2CCN(Cc3ccccc3)CC2)n1. The highest BCUT2D eigenvalue weighted by molar-refractivity contribution is 5.44. The maximum atomic E-state index is 4.69. The monoisotopic (exact) mass is 325 g/mol. The second-order valence-electron chi connectivity index (χ2n) is 6.74. The van der Waals surface area contributed by atoms with Crippen LogP contribution in [-0.4, -0.2) is 47.1 Å². The number of rotatable bonds is 5. The number of benzene rings is 1. The third-order valence-electron chi connectivity index (χ3n) is 4.18. The van der Waals surface area contributed by atoms with Crippen LogP contribution in [-0.2, 0) is 6.54 Å². The maximum absolute atomic E-state index is 4.69. The van der Waals surface area contributed by atoms with Gasteiger partial charge in [-0.3, -0.25) is 4.90 Å². The van der Waals surface area contributed by atoms with Crippen LogP contribution in [0.4, 0.5) is 11.8 Å². The van der Waals surface area contributed by atoms with E-state index in [9.17, 15) is 0 Å². The Morgan fingerprint density at radius 3 is 2.42 bits per heavy atom. The molecule has 2 aromatic rings. The fourth-order valence-electron chi connectivity index (χ4n) is 3.01. The van der Waals surface area contributed by atoms with Gasteiger partial charge >= 0.3 is 0 Å². The molecule has 2 heterocycles. The van der Waals surface area contributed by atoms with Gasteiger partial charge in [0.15, 0.2) is 0 Å². The second kappa shape index (κ2) is 7.62. The summed E-state index contributed by atoms with van der Waals surface area (Å²) in [6.07, 6.45) is 0. The largest absolute Gasteiger partial charge is 0.368 e. The minimum absolute atomic E-state index is 0.370. The zero-order chi connectivity index (χ0) is 16.9. The van der Waals surface area contributed by atoms with Crippen LogP contribution in [0.2, 0.25) is 0 Å². The molecule has 1 aromatic heterocycles. The lowest BCUT2D eigenvalue weighted by Gasteiger charge is -2.35. The molecule has 24 heavy (non-hydrogen) atoms. The Bertz CT molecular complexity index is 648. The molecule has 0 aliphatic carbocycles. The van der Waals surface area contributed by atoms with E-state index in [0.717, 1.165) is 50.2 Å². The summed E-state index contributed by atoms with van der Waals surface area (Å²) in [6.45, 7) is 11.3. The number of hydrogen-bond acceptors (Lipinski definition) is 5. The summed E-state index contributed by atoms with van der Waals surface area (Å²) >= 11 is 0. The molecule has 5 heteroatoms. The van der Waals surface area contributed by atoms with Gasteiger partial charge in [-0.05, 0) is 26.3 Å². The minimum Gasteiger partial charge on any atom is -0.368 e. The Morgan fingerprint density at radius 2 is 1.75 bits per heavy atom. The van der Waals surface area contributed by atoms with Crippen LogP contribution < -0.4 is 10.2 Å². The molecule has 0 unspecified atom stereocenters. The molecule has 3 rings (SSSR count). The summed E-state index contributed by atoms with van der Waals surface area (Å²) in [6, 6.07) is 13.0. The number of nitrogens with zero attached hydrogens (tertiary/aromatic N) is 4. The van der Waals surface area contributed by atoms with Crippen LogP contribution in [0.3, 0.4) is 0 Å². The van der Waals surface area contributed by atoms with Gasteiger partial charge in [-0.25, -0.2) is 4.98 Å². The first-order chi connectivity index (χ1) is 11.6. The smallest absolute Gasteiger partial charge is 0.227 e. The normalized spacial score (nSPS) is 15.8. The molecular formula is C19H27N5. The van der Waals surface area contributed by atoms with E-state index in [1.807, 2.05) is 13.0 Å². The third kappa shape index (κ3) is 4.45. The van der Waals surface area contributed by atoms with Crippen molar-refractivity contribution in [3.05, 3.63) is 47.7 Å². The standard InChI is InChI=1S/C19H27N5/c1-15(2)20-18-13-16(3)21-19(22-18)24-11-9-23(10-12-24)14-17-7-5-4-6-8-17/h4-8,13,15H,9-12,14H2,1-3H3,(H,20,21,22). The average Bonchev–Trinajstić information content (AvgIpc) is 2.55. The zero-order valence-electron chi connectivity index (χ0n) is 14.9. The van der Waals surface area contributed by atoms with Gasteiger partial charge in [-0.2, -0.15) is 4.98 Å². The molecule has 1 saturated heterocycles. The van der Waals surface area contributed by atoms with Crippen molar-refractivity contribution in [2.75, 3.05) is 36.4 Å². The quantitative estimate of drug-likeness (QED) is 0.916. The molecule has 1 aliphatic rings. The molecule has 1 aromatic carbocycles. The van der Waals surface area contributed by atoms with Crippen LogP contribution in [0.1, 0.15) is 25.1 Å². The van der Waals surface area contributed by atoms with Crippen LogP contribution in [0.25, 0.3) is 0 Å². The number of hydrogen-bond donors (Lipinski definition) is 1. The molecule has 0 radical (unpaired) electrons. The van der Waals surface area contributed by atoms with Crippen LogP contribution in [0.5, 0.6) is 0 Å². The van der Waals surface area contributed by atoms with Gasteiger partial charge in [0.1, 0.15) is 5.82 Å². The van der Waals surface area contributed by atoms with Crippen molar-refractivity contribution in [2.24, 2.45) is 0 Å². The Hall–Kier alpha value is -2.14. The summed E-state index contributed by atoms with van der Waals surface area (Å²) in [5.41, 5.74) is 2.39. The van der Waals surface area contributed by atoms with Gasteiger partial charge in [-0.15, -0.1) is 0 Å². The van der Waals surface area contributed by atoms with E-state index >= 15 is 0 Å². The van der Waals surface area contributed by atoms with E-state index in [1.165, 1.54) is 5.56 Å². The number of piperazine rings is 1. The second-order valence-corrected chi connectivity index (χ2v) is 6.74. The van der Waals surface area contributed by atoms with E-state index < -0.39 is 0 Å². The molecule has 1 fully saturated rings. The molecule has 128 valence electrons. The molecule has 0 amide bonds. The van der Waals surface area contributed by atoms with Gasteiger partial charge in [0.2, 0.25) is 5.95 Å². The van der Waals surface area contributed by atoms with E-state index in [4.69, 9.17) is 4.98 Å². The Kier molecular flexibility index (Phi) is 5.30. The lowest BCUT2D eigenvalue weighted by atomic mass is 10.2. The van der Waals surface area contributed by atoms with Crippen molar-refractivity contribution in [1.29, 1.82) is 0 Å². The molecule has 0 atom stereocenters. The first-order valence-corrected chi connectivity index (χ1v) is 8.73. The Morgan fingerprint density at radius 1 is 1.04 bits per heavy atom. The van der Waals surface area contributed by atoms with Gasteiger partial charge in [0.25, 0.3) is 0 Å². The van der Waals surface area contributed by atoms with E-state index in [-0.39, 0.29) is 0 Å². The van der Waals surface area contributed by atoms with Crippen LogP contribution in [0, 0.1) is 6.92 Å². The van der Waals surface area contributed by atoms with Gasteiger partial charge in [0, 0.05) is 50.5 Å². The molecule has 1 N–H and O–H groups in total. The number of nitrogens with one attached hydrogen (secondary N) is 1. The first-order valence-electron chi connectivity index (χ1n) is 8.73. The van der Waals surface area contributed by atoms with Crippen molar-refractivity contribution in [3.8, 4) is 0 Å². The van der Waals surface area contributed by atoms with Crippen molar-refractivity contribution in [1.82, 2.24) is 14.9 Å². The molecule has 0 bridgehead atoms. The van der Waals surface area contributed by atoms with Crippen molar-refractivity contribution in [2.45, 2.75) is 33.4 Å². The number of aromatic nitrogens is 2. The molecule has 0 spiro atoms. The Balaban J connectivity index is 1.61. The lowest BCUT2D eigenvalue weighted by molar-refractivity contribution is 0.248. The van der Waals surface area contributed by atoms with Crippen molar-refractivity contribution < 1.29 is 0 Å². The fourth-order valence-corrected chi connectivity index (χ4v) is 3.01. The summed E-state index contributed by atoms with van der Waals surface area (Å²) in [5, 5.41) is 3.38. The highest BCUT2D eigenvalue weighted by Gasteiger charge is 2.19. The zero-order valence-corrected chi connectivity index (χ0v) is 14.9.